The number of hydrogen-bond acceptors (Lipinski definition) is 2. The Morgan fingerprint density at radius 2 is 2.00 bits per heavy atom. The summed E-state index contributed by atoms with van der Waals surface area (Å²) in [6.45, 7) is 8.17. The fourth-order valence-electron chi connectivity index (χ4n) is 1.76. The van der Waals surface area contributed by atoms with Crippen molar-refractivity contribution in [2.24, 2.45) is 16.8 Å². The maximum Gasteiger partial charge on any atom is 0.212 e. The molecule has 1 aromatic carbocycles. The summed E-state index contributed by atoms with van der Waals surface area (Å²) in [5.41, 5.74) is 3.86. The van der Waals surface area contributed by atoms with E-state index in [1.54, 1.807) is 0 Å². The summed E-state index contributed by atoms with van der Waals surface area (Å²) >= 11 is 0. The average Bonchev–Trinajstić information content (AvgIpc) is 2.43. The van der Waals surface area contributed by atoms with Gasteiger partial charge in [-0.05, 0) is 24.5 Å². The largest absolute Gasteiger partial charge is 0.312 e. The molecule has 0 aliphatic carbocycles. The summed E-state index contributed by atoms with van der Waals surface area (Å²) in [5.74, 6) is 6.91. The van der Waals surface area contributed by atoms with Crippen molar-refractivity contribution in [2.45, 2.75) is 33.6 Å². The van der Waals surface area contributed by atoms with Gasteiger partial charge in [-0.1, -0.05) is 45.4 Å². The van der Waals surface area contributed by atoms with Gasteiger partial charge in [0.1, 0.15) is 0 Å². The first kappa shape index (κ1) is 15.5. The fourth-order valence-corrected chi connectivity index (χ4v) is 1.76. The Morgan fingerprint density at radius 3 is 2.53 bits per heavy atom. The number of aliphatic imine (C=N–C) groups is 1. The van der Waals surface area contributed by atoms with Gasteiger partial charge in [0.05, 0.1) is 0 Å². The first-order valence-electron chi connectivity index (χ1n) is 7.02. The highest BCUT2D eigenvalue weighted by Gasteiger charge is 2.12. The molecule has 0 unspecified atom stereocenters. The second-order valence-electron chi connectivity index (χ2n) is 5.04. The summed E-state index contributed by atoms with van der Waals surface area (Å²) in [6.07, 6.45) is 2.25. The zero-order valence-corrected chi connectivity index (χ0v) is 12.3. The predicted octanol–water partition coefficient (Wildman–Crippen LogP) is 2.77. The standard InChI is InChI=1S/C15H26N4/c1-4-5-11-19(14-9-7-6-8-10-14)15(18-16)17-12-13(2)3/h6-10,13H,4-5,11-12,16H2,1-3H3,(H,17,18). The molecule has 0 aromatic heterocycles. The van der Waals surface area contributed by atoms with Crippen LogP contribution in [0.15, 0.2) is 35.3 Å². The molecule has 19 heavy (non-hydrogen) atoms. The van der Waals surface area contributed by atoms with Gasteiger partial charge in [0, 0.05) is 18.8 Å². The highest BCUT2D eigenvalue weighted by molar-refractivity contribution is 5.95. The van der Waals surface area contributed by atoms with E-state index in [2.05, 4.69) is 48.2 Å². The van der Waals surface area contributed by atoms with Crippen LogP contribution in [0.25, 0.3) is 0 Å². The van der Waals surface area contributed by atoms with Crippen molar-refractivity contribution in [3.05, 3.63) is 30.3 Å². The maximum absolute atomic E-state index is 5.65. The Hall–Kier alpha value is -1.55. The molecule has 0 aliphatic rings. The molecule has 0 fully saturated rings. The van der Waals surface area contributed by atoms with Crippen LogP contribution in [0, 0.1) is 5.92 Å². The van der Waals surface area contributed by atoms with Gasteiger partial charge in [-0.3, -0.25) is 10.4 Å². The smallest absolute Gasteiger partial charge is 0.212 e. The molecule has 0 spiro atoms. The molecule has 3 N–H and O–H groups in total. The van der Waals surface area contributed by atoms with Crippen LogP contribution in [0.5, 0.6) is 0 Å². The van der Waals surface area contributed by atoms with Gasteiger partial charge in [-0.15, -0.1) is 0 Å². The third-order valence-corrected chi connectivity index (χ3v) is 2.79. The second-order valence-corrected chi connectivity index (χ2v) is 5.04. The van der Waals surface area contributed by atoms with Crippen molar-refractivity contribution in [1.29, 1.82) is 0 Å². The number of hydrogen-bond donors (Lipinski definition) is 2. The summed E-state index contributed by atoms with van der Waals surface area (Å²) in [4.78, 5) is 6.72. The molecule has 106 valence electrons. The van der Waals surface area contributed by atoms with Crippen LogP contribution < -0.4 is 16.2 Å². The minimum Gasteiger partial charge on any atom is -0.312 e. The third-order valence-electron chi connectivity index (χ3n) is 2.79. The highest BCUT2D eigenvalue weighted by atomic mass is 15.4. The lowest BCUT2D eigenvalue weighted by atomic mass is 10.2. The Balaban J connectivity index is 2.91. The molecule has 1 rings (SSSR count). The molecule has 4 heteroatoms. The topological polar surface area (TPSA) is 53.6 Å². The van der Waals surface area contributed by atoms with Gasteiger partial charge in [-0.25, -0.2) is 5.84 Å². The SMILES string of the molecule is CCCCN(C(=NCC(C)C)NN)c1ccccc1. The fraction of sp³-hybridized carbons (Fsp3) is 0.533. The Labute approximate surface area is 116 Å². The number of anilines is 1. The molecule has 0 amide bonds. The monoisotopic (exact) mass is 262 g/mol. The van der Waals surface area contributed by atoms with Gasteiger partial charge >= 0.3 is 0 Å². The zero-order valence-electron chi connectivity index (χ0n) is 12.3. The molecule has 0 heterocycles. The number of para-hydroxylation sites is 1. The van der Waals surface area contributed by atoms with Crippen molar-refractivity contribution in [2.75, 3.05) is 18.0 Å². The third kappa shape index (κ3) is 5.30. The first-order valence-corrected chi connectivity index (χ1v) is 7.02. The normalized spacial score (nSPS) is 11.7. The number of nitrogens with one attached hydrogen (secondary N) is 1. The first-order chi connectivity index (χ1) is 9.19. The summed E-state index contributed by atoms with van der Waals surface area (Å²) in [6, 6.07) is 10.2. The number of nitrogens with two attached hydrogens (primary N) is 1. The minimum absolute atomic E-state index is 0.521. The van der Waals surface area contributed by atoms with E-state index >= 15 is 0 Å². The van der Waals surface area contributed by atoms with Gasteiger partial charge in [0.25, 0.3) is 0 Å². The Morgan fingerprint density at radius 1 is 1.32 bits per heavy atom. The molecule has 0 saturated carbocycles. The maximum atomic E-state index is 5.65. The van der Waals surface area contributed by atoms with E-state index in [0.717, 1.165) is 37.6 Å². The summed E-state index contributed by atoms with van der Waals surface area (Å²) in [5, 5.41) is 0. The second kappa shape index (κ2) is 8.53. The van der Waals surface area contributed by atoms with Crippen molar-refractivity contribution >= 4 is 11.6 Å². The van der Waals surface area contributed by atoms with Crippen molar-refractivity contribution in [1.82, 2.24) is 5.43 Å². The lowest BCUT2D eigenvalue weighted by molar-refractivity contribution is 0.659. The number of nitrogens with zero attached hydrogens (tertiary/aromatic N) is 2. The molecular weight excluding hydrogens is 236 g/mol. The Bertz CT molecular complexity index is 373. The number of rotatable bonds is 6. The zero-order chi connectivity index (χ0) is 14.1. The molecule has 0 saturated heterocycles. The molecule has 1 aromatic rings. The molecule has 0 radical (unpaired) electrons. The molecule has 0 bridgehead atoms. The van der Waals surface area contributed by atoms with E-state index in [1.165, 1.54) is 0 Å². The molecule has 4 nitrogen and oxygen atoms in total. The minimum atomic E-state index is 0.521. The quantitative estimate of drug-likeness (QED) is 0.359. The van der Waals surface area contributed by atoms with Crippen LogP contribution in [-0.2, 0) is 0 Å². The number of hydrazine groups is 1. The van der Waals surface area contributed by atoms with Crippen molar-refractivity contribution in [3.8, 4) is 0 Å². The highest BCUT2D eigenvalue weighted by Crippen LogP contribution is 2.14. The van der Waals surface area contributed by atoms with Crippen LogP contribution in [0.2, 0.25) is 0 Å². The van der Waals surface area contributed by atoms with Crippen molar-refractivity contribution < 1.29 is 0 Å². The van der Waals surface area contributed by atoms with E-state index < -0.39 is 0 Å². The predicted molar refractivity (Wildman–Crippen MR) is 83.2 cm³/mol. The van der Waals surface area contributed by atoms with Gasteiger partial charge in [0.2, 0.25) is 5.96 Å². The summed E-state index contributed by atoms with van der Waals surface area (Å²) < 4.78 is 0. The van der Waals surface area contributed by atoms with E-state index in [1.807, 2.05) is 18.2 Å². The van der Waals surface area contributed by atoms with Crippen LogP contribution in [0.1, 0.15) is 33.6 Å². The summed E-state index contributed by atoms with van der Waals surface area (Å²) in [7, 11) is 0. The number of unbranched alkanes of at least 4 members (excludes halogenated alkanes) is 1. The van der Waals surface area contributed by atoms with Crippen molar-refractivity contribution in [3.63, 3.8) is 0 Å². The average molecular weight is 262 g/mol. The van der Waals surface area contributed by atoms with Crippen LogP contribution in [0.4, 0.5) is 5.69 Å². The molecular formula is C15H26N4. The van der Waals surface area contributed by atoms with E-state index in [-0.39, 0.29) is 0 Å². The molecule has 0 aliphatic heterocycles. The Kier molecular flexibility index (Phi) is 6.97. The van der Waals surface area contributed by atoms with Gasteiger partial charge in [0.15, 0.2) is 0 Å². The van der Waals surface area contributed by atoms with E-state index in [4.69, 9.17) is 5.84 Å². The van der Waals surface area contributed by atoms with E-state index in [0.29, 0.717) is 5.92 Å². The number of benzene rings is 1. The van der Waals surface area contributed by atoms with Crippen LogP contribution in [0.3, 0.4) is 0 Å². The van der Waals surface area contributed by atoms with E-state index in [9.17, 15) is 0 Å². The lowest BCUT2D eigenvalue weighted by Crippen LogP contribution is -2.45. The van der Waals surface area contributed by atoms with Crippen LogP contribution in [-0.4, -0.2) is 19.0 Å². The number of guanidine groups is 1. The molecule has 0 atom stereocenters. The lowest BCUT2D eigenvalue weighted by Gasteiger charge is -2.25. The van der Waals surface area contributed by atoms with Gasteiger partial charge < -0.3 is 4.90 Å². The van der Waals surface area contributed by atoms with Crippen LogP contribution >= 0.6 is 0 Å². The van der Waals surface area contributed by atoms with Gasteiger partial charge in [-0.2, -0.15) is 0 Å².